The van der Waals surface area contributed by atoms with Crippen molar-refractivity contribution in [2.75, 3.05) is 6.54 Å². The summed E-state index contributed by atoms with van der Waals surface area (Å²) in [5.74, 6) is -0.295. The Bertz CT molecular complexity index is 792. The number of rotatable bonds is 5. The molecule has 1 aromatic carbocycles. The highest BCUT2D eigenvalue weighted by Crippen LogP contribution is 2.48. The SMILES string of the molecule is Cn1cc(C2N(C(=O)CCc3ccc(C(N)=O)cc3)CC2(C)C)cn1. The number of aromatic nitrogens is 2. The Morgan fingerprint density at radius 1 is 1.28 bits per heavy atom. The van der Waals surface area contributed by atoms with Crippen molar-refractivity contribution >= 4 is 11.8 Å². The molecule has 0 radical (unpaired) electrons. The van der Waals surface area contributed by atoms with E-state index in [0.717, 1.165) is 17.7 Å². The fourth-order valence-electron chi connectivity index (χ4n) is 3.60. The molecule has 0 bridgehead atoms. The van der Waals surface area contributed by atoms with E-state index in [9.17, 15) is 9.59 Å². The minimum Gasteiger partial charge on any atom is -0.366 e. The number of nitrogens with zero attached hydrogens (tertiary/aromatic N) is 3. The molecule has 1 aliphatic rings. The average molecular weight is 340 g/mol. The molecular weight excluding hydrogens is 316 g/mol. The molecule has 0 spiro atoms. The average Bonchev–Trinajstić information content (AvgIpc) is 2.96. The maximum atomic E-state index is 12.7. The molecule has 2 N–H and O–H groups in total. The van der Waals surface area contributed by atoms with Crippen molar-refractivity contribution in [3.63, 3.8) is 0 Å². The second-order valence-corrected chi connectivity index (χ2v) is 7.42. The quantitative estimate of drug-likeness (QED) is 0.904. The van der Waals surface area contributed by atoms with Gasteiger partial charge in [0.05, 0.1) is 12.2 Å². The summed E-state index contributed by atoms with van der Waals surface area (Å²) in [6.07, 6.45) is 4.92. The van der Waals surface area contributed by atoms with Crippen LogP contribution in [0.15, 0.2) is 36.7 Å². The van der Waals surface area contributed by atoms with Crippen molar-refractivity contribution in [2.24, 2.45) is 18.2 Å². The van der Waals surface area contributed by atoms with Gasteiger partial charge in [-0.2, -0.15) is 5.10 Å². The largest absolute Gasteiger partial charge is 0.366 e. The van der Waals surface area contributed by atoms with Crippen molar-refractivity contribution in [1.29, 1.82) is 0 Å². The van der Waals surface area contributed by atoms with Gasteiger partial charge < -0.3 is 10.6 Å². The Morgan fingerprint density at radius 3 is 2.48 bits per heavy atom. The van der Waals surface area contributed by atoms with E-state index >= 15 is 0 Å². The van der Waals surface area contributed by atoms with Gasteiger partial charge in [0.1, 0.15) is 0 Å². The van der Waals surface area contributed by atoms with Crippen LogP contribution in [0.4, 0.5) is 0 Å². The Kier molecular flexibility index (Phi) is 4.37. The predicted octanol–water partition coefficient (Wildman–Crippen LogP) is 2.06. The van der Waals surface area contributed by atoms with Gasteiger partial charge in [-0.1, -0.05) is 26.0 Å². The highest BCUT2D eigenvalue weighted by molar-refractivity contribution is 5.92. The molecule has 1 aliphatic heterocycles. The Balaban J connectivity index is 1.64. The standard InChI is InChI=1S/C19H24N4O2/c1-19(2)12-23(17(19)15-10-21-22(3)11-15)16(24)9-6-13-4-7-14(8-5-13)18(20)25/h4-5,7-8,10-11,17H,6,9,12H2,1-3H3,(H2,20,25). The monoisotopic (exact) mass is 340 g/mol. The van der Waals surface area contributed by atoms with Crippen molar-refractivity contribution in [3.8, 4) is 0 Å². The molecule has 132 valence electrons. The summed E-state index contributed by atoms with van der Waals surface area (Å²) in [4.78, 5) is 25.7. The third-order valence-electron chi connectivity index (χ3n) is 4.86. The third kappa shape index (κ3) is 3.43. The number of amides is 2. The third-order valence-corrected chi connectivity index (χ3v) is 4.86. The lowest BCUT2D eigenvalue weighted by molar-refractivity contribution is -0.152. The minimum absolute atomic E-state index is 0.0574. The van der Waals surface area contributed by atoms with Crippen molar-refractivity contribution in [1.82, 2.24) is 14.7 Å². The van der Waals surface area contributed by atoms with Gasteiger partial charge in [-0.25, -0.2) is 0 Å². The van der Waals surface area contributed by atoms with Crippen molar-refractivity contribution in [3.05, 3.63) is 53.3 Å². The lowest BCUT2D eigenvalue weighted by Crippen LogP contribution is -2.57. The smallest absolute Gasteiger partial charge is 0.248 e. The summed E-state index contributed by atoms with van der Waals surface area (Å²) < 4.78 is 1.77. The van der Waals surface area contributed by atoms with Crippen LogP contribution >= 0.6 is 0 Å². The Hall–Kier alpha value is -2.63. The zero-order valence-electron chi connectivity index (χ0n) is 14.9. The number of hydrogen-bond acceptors (Lipinski definition) is 3. The zero-order chi connectivity index (χ0) is 18.2. The van der Waals surface area contributed by atoms with Crippen LogP contribution in [-0.2, 0) is 18.3 Å². The number of primary amides is 1. The highest BCUT2D eigenvalue weighted by atomic mass is 16.2. The first-order valence-electron chi connectivity index (χ1n) is 8.45. The summed E-state index contributed by atoms with van der Waals surface area (Å²) >= 11 is 0. The number of aryl methyl sites for hydroxylation is 2. The molecule has 2 amide bonds. The first kappa shape index (κ1) is 17.2. The van der Waals surface area contributed by atoms with Gasteiger partial charge in [-0.15, -0.1) is 0 Å². The van der Waals surface area contributed by atoms with Crippen molar-refractivity contribution < 1.29 is 9.59 Å². The molecule has 1 aromatic heterocycles. The van der Waals surface area contributed by atoms with Crippen LogP contribution in [0.1, 0.15) is 47.8 Å². The van der Waals surface area contributed by atoms with Gasteiger partial charge in [0, 0.05) is 42.8 Å². The molecule has 0 aliphatic carbocycles. The number of benzene rings is 1. The van der Waals surface area contributed by atoms with Crippen LogP contribution in [0.5, 0.6) is 0 Å². The van der Waals surface area contributed by atoms with E-state index in [4.69, 9.17) is 5.73 Å². The second-order valence-electron chi connectivity index (χ2n) is 7.42. The van der Waals surface area contributed by atoms with Crippen LogP contribution in [0, 0.1) is 5.41 Å². The molecule has 25 heavy (non-hydrogen) atoms. The van der Waals surface area contributed by atoms with Crippen LogP contribution in [0.2, 0.25) is 0 Å². The van der Waals surface area contributed by atoms with E-state index in [1.807, 2.05) is 36.5 Å². The summed E-state index contributed by atoms with van der Waals surface area (Å²) in [5, 5.41) is 4.24. The normalized spacial score (nSPS) is 18.7. The topological polar surface area (TPSA) is 81.2 Å². The maximum Gasteiger partial charge on any atom is 0.248 e. The lowest BCUT2D eigenvalue weighted by atomic mass is 9.72. The Labute approximate surface area is 147 Å². The minimum atomic E-state index is -0.440. The summed E-state index contributed by atoms with van der Waals surface area (Å²) in [6, 6.07) is 7.18. The molecule has 2 heterocycles. The van der Waals surface area contributed by atoms with E-state index in [2.05, 4.69) is 18.9 Å². The summed E-state index contributed by atoms with van der Waals surface area (Å²) in [5.41, 5.74) is 7.89. The Morgan fingerprint density at radius 2 is 1.96 bits per heavy atom. The van der Waals surface area contributed by atoms with E-state index < -0.39 is 5.91 Å². The predicted molar refractivity (Wildman–Crippen MR) is 94.7 cm³/mol. The first-order chi connectivity index (χ1) is 11.8. The van der Waals surface area contributed by atoms with Crippen LogP contribution in [0.25, 0.3) is 0 Å². The first-order valence-corrected chi connectivity index (χ1v) is 8.45. The van der Waals surface area contributed by atoms with E-state index in [-0.39, 0.29) is 17.4 Å². The van der Waals surface area contributed by atoms with Gasteiger partial charge in [-0.3, -0.25) is 14.3 Å². The fraction of sp³-hybridized carbons (Fsp3) is 0.421. The van der Waals surface area contributed by atoms with Crippen LogP contribution < -0.4 is 5.73 Å². The number of carbonyl (C=O) groups is 2. The van der Waals surface area contributed by atoms with Gasteiger partial charge in [0.15, 0.2) is 0 Å². The fourth-order valence-corrected chi connectivity index (χ4v) is 3.60. The van der Waals surface area contributed by atoms with E-state index in [1.54, 1.807) is 16.8 Å². The highest BCUT2D eigenvalue weighted by Gasteiger charge is 2.48. The molecule has 2 aromatic rings. The number of hydrogen-bond donors (Lipinski definition) is 1. The molecule has 1 fully saturated rings. The summed E-state index contributed by atoms with van der Waals surface area (Å²) in [6.45, 7) is 5.11. The zero-order valence-corrected chi connectivity index (χ0v) is 14.9. The molecule has 1 saturated heterocycles. The van der Waals surface area contributed by atoms with E-state index in [0.29, 0.717) is 18.4 Å². The second kappa shape index (κ2) is 6.35. The van der Waals surface area contributed by atoms with Gasteiger partial charge >= 0.3 is 0 Å². The number of likely N-dealkylation sites (tertiary alicyclic amines) is 1. The van der Waals surface area contributed by atoms with Gasteiger partial charge in [-0.05, 0) is 24.1 Å². The molecule has 1 atom stereocenters. The molecule has 0 saturated carbocycles. The molecular formula is C19H24N4O2. The van der Waals surface area contributed by atoms with E-state index in [1.165, 1.54) is 0 Å². The van der Waals surface area contributed by atoms with Crippen molar-refractivity contribution in [2.45, 2.75) is 32.7 Å². The van der Waals surface area contributed by atoms with Crippen LogP contribution in [0.3, 0.4) is 0 Å². The van der Waals surface area contributed by atoms with Crippen LogP contribution in [-0.4, -0.2) is 33.0 Å². The molecule has 6 heteroatoms. The number of carbonyl (C=O) groups excluding carboxylic acids is 2. The molecule has 1 unspecified atom stereocenters. The number of nitrogens with two attached hydrogens (primary N) is 1. The lowest BCUT2D eigenvalue weighted by Gasteiger charge is -2.54. The summed E-state index contributed by atoms with van der Waals surface area (Å²) in [7, 11) is 1.89. The molecule has 3 rings (SSSR count). The maximum absolute atomic E-state index is 12.7. The van der Waals surface area contributed by atoms with Gasteiger partial charge in [0.2, 0.25) is 11.8 Å². The van der Waals surface area contributed by atoms with Gasteiger partial charge in [0.25, 0.3) is 0 Å². The molecule has 6 nitrogen and oxygen atoms in total.